The Morgan fingerprint density at radius 2 is 1.59 bits per heavy atom. The number of carbonyl (C=O) groups is 5. The molecule has 4 aliphatic rings. The fourth-order valence-corrected chi connectivity index (χ4v) is 9.87. The van der Waals surface area contributed by atoms with Crippen LogP contribution in [0.2, 0.25) is 0 Å². The molecule has 5 N–H and O–H groups in total. The van der Waals surface area contributed by atoms with Gasteiger partial charge in [0.25, 0.3) is 0 Å². The summed E-state index contributed by atoms with van der Waals surface area (Å²) in [6, 6.07) is 6.75. The van der Waals surface area contributed by atoms with Crippen molar-refractivity contribution in [2.24, 2.45) is 22.7 Å². The molecule has 1 saturated heterocycles. The van der Waals surface area contributed by atoms with Gasteiger partial charge in [-0.25, -0.2) is 14.4 Å². The van der Waals surface area contributed by atoms with Crippen LogP contribution in [-0.2, 0) is 42.8 Å². The molecule has 3 fully saturated rings. The summed E-state index contributed by atoms with van der Waals surface area (Å²) in [5, 5.41) is 52.5. The summed E-state index contributed by atoms with van der Waals surface area (Å²) >= 11 is 0. The maximum absolute atomic E-state index is 14.2. The number of aliphatic hydroxyl groups excluding tert-OH is 3. The minimum absolute atomic E-state index is 0.0952. The largest absolute Gasteiger partial charge is 0.456 e. The number of carbonyl (C=O) groups excluding carboxylic acids is 5. The standard InChI is InChI=1S/C43H61NO15/c1-21(2)17-26(44-38(52)59-39(6,7)8)31(48)37(51)56-27-19-43(53)35(57-36(50)25-15-13-12-14-16-25)33-41(11,28(47)18-29-42(33,20-54-29)58-24(5)46)34(49)32(55-23(4)45)30(22(27)3)40(43,9)10/h12-16,21,26-29,31-35,47-49,53H,17-20H2,1-11H3,(H,44,52)/t26-,27-,28-,29+,31+,32-,33?,34-,35-,41+,42-,43+/m0/s1. The predicted octanol–water partition coefficient (Wildman–Crippen LogP) is 3.30. The molecule has 1 aliphatic heterocycles. The van der Waals surface area contributed by atoms with Crippen LogP contribution in [0.25, 0.3) is 0 Å². The summed E-state index contributed by atoms with van der Waals surface area (Å²) < 4.78 is 35.7. The van der Waals surface area contributed by atoms with Crippen molar-refractivity contribution >= 4 is 30.0 Å². The number of aliphatic hydroxyl groups is 4. The Kier molecular flexibility index (Phi) is 12.8. The van der Waals surface area contributed by atoms with Gasteiger partial charge in [0.15, 0.2) is 17.8 Å². The summed E-state index contributed by atoms with van der Waals surface area (Å²) in [6.07, 6.45) is -12.3. The summed E-state index contributed by atoms with van der Waals surface area (Å²) in [6.45, 7) is 16.9. The van der Waals surface area contributed by atoms with Crippen molar-refractivity contribution in [1.29, 1.82) is 0 Å². The van der Waals surface area contributed by atoms with Gasteiger partial charge in [0.1, 0.15) is 35.6 Å². The first-order chi connectivity index (χ1) is 27.2. The number of fused-ring (bicyclic) bond motifs is 5. The highest BCUT2D eigenvalue weighted by Crippen LogP contribution is 2.65. The SMILES string of the molecule is CC(=O)O[C@H]1C2=C(C)[C@@H](OC(=O)[C@H](O)[C@H](CC(C)C)NC(=O)OC(C)(C)C)C[C@@](O)([C@@H](OC(=O)c3ccccc3)C3[C@@](C)([C@@H](O)C[C@H]4OC[C@@]34OC(C)=O)[C@H]1O)C2(C)C. The number of benzene rings is 1. The van der Waals surface area contributed by atoms with Crippen LogP contribution in [0, 0.1) is 22.7 Å². The molecular formula is C43H61NO15. The molecule has 1 aromatic carbocycles. The van der Waals surface area contributed by atoms with Crippen LogP contribution in [-0.4, -0.2) is 123 Å². The van der Waals surface area contributed by atoms with E-state index in [9.17, 15) is 44.4 Å². The van der Waals surface area contributed by atoms with Crippen LogP contribution < -0.4 is 5.32 Å². The summed E-state index contributed by atoms with van der Waals surface area (Å²) in [4.78, 5) is 67.0. The van der Waals surface area contributed by atoms with Gasteiger partial charge in [-0.15, -0.1) is 0 Å². The zero-order chi connectivity index (χ0) is 44.2. The second kappa shape index (κ2) is 16.4. The molecule has 5 rings (SSSR count). The summed E-state index contributed by atoms with van der Waals surface area (Å²) in [5.41, 5.74) is -7.90. The first-order valence-corrected chi connectivity index (χ1v) is 20.1. The second-order valence-corrected chi connectivity index (χ2v) is 18.7. The highest BCUT2D eigenvalue weighted by Gasteiger charge is 2.78. The molecule has 0 aromatic heterocycles. The molecule has 3 aliphatic carbocycles. The number of nitrogens with one attached hydrogen (secondary N) is 1. The fourth-order valence-electron chi connectivity index (χ4n) is 9.87. The van der Waals surface area contributed by atoms with E-state index in [-0.39, 0.29) is 42.1 Å². The number of ether oxygens (including phenoxy) is 6. The van der Waals surface area contributed by atoms with Gasteiger partial charge in [-0.2, -0.15) is 0 Å². The topological polar surface area (TPSA) is 234 Å². The van der Waals surface area contributed by atoms with Crippen molar-refractivity contribution in [3.05, 3.63) is 47.0 Å². The summed E-state index contributed by atoms with van der Waals surface area (Å²) in [5.74, 6) is -5.21. The van der Waals surface area contributed by atoms with Crippen molar-refractivity contribution in [3.63, 3.8) is 0 Å². The van der Waals surface area contributed by atoms with Gasteiger partial charge >= 0.3 is 30.0 Å². The van der Waals surface area contributed by atoms with Crippen molar-refractivity contribution < 1.29 is 72.8 Å². The Hall–Kier alpha value is -4.09. The van der Waals surface area contributed by atoms with Gasteiger partial charge in [0, 0.05) is 37.5 Å². The van der Waals surface area contributed by atoms with Crippen LogP contribution in [0.3, 0.4) is 0 Å². The fraction of sp³-hybridized carbons (Fsp3) is 0.698. The highest BCUT2D eigenvalue weighted by molar-refractivity contribution is 5.89. The van der Waals surface area contributed by atoms with Crippen molar-refractivity contribution in [2.75, 3.05) is 6.61 Å². The predicted molar refractivity (Wildman–Crippen MR) is 208 cm³/mol. The van der Waals surface area contributed by atoms with E-state index in [1.54, 1.807) is 59.7 Å². The van der Waals surface area contributed by atoms with E-state index in [2.05, 4.69) is 5.32 Å². The van der Waals surface area contributed by atoms with Crippen LogP contribution in [0.15, 0.2) is 41.5 Å². The number of hydrogen-bond donors (Lipinski definition) is 5. The zero-order valence-corrected chi connectivity index (χ0v) is 35.8. The number of hydrogen-bond acceptors (Lipinski definition) is 15. The molecular weight excluding hydrogens is 770 g/mol. The van der Waals surface area contributed by atoms with E-state index in [1.807, 2.05) is 13.8 Å². The third-order valence-electron chi connectivity index (χ3n) is 12.7. The third kappa shape index (κ3) is 8.35. The van der Waals surface area contributed by atoms with E-state index in [4.69, 9.17) is 28.4 Å². The number of amides is 1. The van der Waals surface area contributed by atoms with Crippen molar-refractivity contribution in [3.8, 4) is 0 Å². The lowest BCUT2D eigenvalue weighted by Gasteiger charge is -2.69. The smallest absolute Gasteiger partial charge is 0.407 e. The Balaban J connectivity index is 1.72. The molecule has 0 radical (unpaired) electrons. The zero-order valence-electron chi connectivity index (χ0n) is 35.8. The third-order valence-corrected chi connectivity index (χ3v) is 12.7. The Morgan fingerprint density at radius 3 is 2.12 bits per heavy atom. The molecule has 12 atom stereocenters. The van der Waals surface area contributed by atoms with Gasteiger partial charge in [-0.1, -0.05) is 52.8 Å². The van der Waals surface area contributed by atoms with Gasteiger partial charge in [-0.3, -0.25) is 9.59 Å². The molecule has 1 amide bonds. The van der Waals surface area contributed by atoms with Crippen LogP contribution in [0.1, 0.15) is 106 Å². The Bertz CT molecular complexity index is 1820. The Labute approximate surface area is 344 Å². The minimum atomic E-state index is -2.33. The van der Waals surface area contributed by atoms with Gasteiger partial charge in [-0.05, 0) is 63.3 Å². The number of alkyl carbamates (subject to hydrolysis) is 1. The molecule has 1 unspecified atom stereocenters. The van der Waals surface area contributed by atoms with E-state index in [0.29, 0.717) is 0 Å². The van der Waals surface area contributed by atoms with Gasteiger partial charge in [0.2, 0.25) is 0 Å². The monoisotopic (exact) mass is 831 g/mol. The Morgan fingerprint density at radius 1 is 0.966 bits per heavy atom. The maximum Gasteiger partial charge on any atom is 0.407 e. The lowest BCUT2D eigenvalue weighted by atomic mass is 9.44. The first kappa shape index (κ1) is 46.0. The normalized spacial score (nSPS) is 34.6. The minimum Gasteiger partial charge on any atom is -0.456 e. The molecule has 328 valence electrons. The molecule has 1 aromatic rings. The quantitative estimate of drug-likeness (QED) is 0.129. The number of rotatable bonds is 10. The number of esters is 4. The molecule has 1 heterocycles. The average Bonchev–Trinajstić information content (AvgIpc) is 3.11. The molecule has 16 heteroatoms. The van der Waals surface area contributed by atoms with E-state index < -0.39 is 119 Å². The van der Waals surface area contributed by atoms with Crippen LogP contribution >= 0.6 is 0 Å². The van der Waals surface area contributed by atoms with Gasteiger partial charge in [0.05, 0.1) is 30.2 Å². The lowest BCUT2D eigenvalue weighted by molar-refractivity contribution is -0.365. The van der Waals surface area contributed by atoms with E-state index >= 15 is 0 Å². The van der Waals surface area contributed by atoms with E-state index in [0.717, 1.165) is 6.92 Å². The molecule has 59 heavy (non-hydrogen) atoms. The van der Waals surface area contributed by atoms with Crippen LogP contribution in [0.4, 0.5) is 4.79 Å². The van der Waals surface area contributed by atoms with Crippen molar-refractivity contribution in [2.45, 2.75) is 161 Å². The molecule has 2 bridgehead atoms. The molecule has 2 saturated carbocycles. The van der Waals surface area contributed by atoms with Gasteiger partial charge < -0.3 is 54.2 Å². The molecule has 0 spiro atoms. The van der Waals surface area contributed by atoms with E-state index in [1.165, 1.54) is 26.0 Å². The first-order valence-electron chi connectivity index (χ1n) is 20.1. The average molecular weight is 832 g/mol. The second-order valence-electron chi connectivity index (χ2n) is 18.7. The molecule has 16 nitrogen and oxygen atoms in total. The van der Waals surface area contributed by atoms with Crippen molar-refractivity contribution in [1.82, 2.24) is 5.32 Å². The van der Waals surface area contributed by atoms with Crippen LogP contribution in [0.5, 0.6) is 0 Å². The summed E-state index contributed by atoms with van der Waals surface area (Å²) in [7, 11) is 0. The highest BCUT2D eigenvalue weighted by atomic mass is 16.6. The lowest BCUT2D eigenvalue weighted by Crippen LogP contribution is -2.82. The maximum atomic E-state index is 14.2.